The lowest BCUT2D eigenvalue weighted by molar-refractivity contribution is -0.137. The fourth-order valence-corrected chi connectivity index (χ4v) is 4.43. The molecule has 34 heavy (non-hydrogen) atoms. The molecule has 0 unspecified atom stereocenters. The van der Waals surface area contributed by atoms with Crippen molar-refractivity contribution in [3.05, 3.63) is 93.2 Å². The van der Waals surface area contributed by atoms with E-state index in [0.29, 0.717) is 49.7 Å². The van der Waals surface area contributed by atoms with Crippen LogP contribution in [0.1, 0.15) is 36.7 Å². The van der Waals surface area contributed by atoms with E-state index in [4.69, 9.17) is 0 Å². The summed E-state index contributed by atoms with van der Waals surface area (Å²) >= 11 is 1.38. The number of thiophene rings is 1. The van der Waals surface area contributed by atoms with Crippen molar-refractivity contribution in [1.82, 2.24) is 15.1 Å². The van der Waals surface area contributed by atoms with Crippen molar-refractivity contribution in [2.75, 3.05) is 26.2 Å². The second-order valence-corrected chi connectivity index (χ2v) is 9.07. The first-order valence-electron chi connectivity index (χ1n) is 10.9. The summed E-state index contributed by atoms with van der Waals surface area (Å²) < 4.78 is 38.2. The van der Waals surface area contributed by atoms with E-state index < -0.39 is 11.7 Å². The number of carbonyl (C=O) groups excluding carboxylic acids is 2. The Morgan fingerprint density at radius 2 is 1.53 bits per heavy atom. The van der Waals surface area contributed by atoms with Gasteiger partial charge in [-0.05, 0) is 46.8 Å². The van der Waals surface area contributed by atoms with E-state index in [2.05, 4.69) is 10.2 Å². The highest BCUT2D eigenvalue weighted by Crippen LogP contribution is 2.29. The maximum Gasteiger partial charge on any atom is 0.416 e. The van der Waals surface area contributed by atoms with Crippen molar-refractivity contribution in [2.45, 2.75) is 19.3 Å². The molecule has 0 spiro atoms. The molecule has 9 heteroatoms. The number of hydrogen-bond acceptors (Lipinski definition) is 4. The average molecular weight is 488 g/mol. The normalized spacial score (nSPS) is 14.7. The van der Waals surface area contributed by atoms with Crippen LogP contribution in [-0.4, -0.2) is 47.8 Å². The van der Waals surface area contributed by atoms with Gasteiger partial charge in [0.25, 0.3) is 11.8 Å². The zero-order chi connectivity index (χ0) is 24.1. The Bertz CT molecular complexity index is 1110. The van der Waals surface area contributed by atoms with E-state index in [9.17, 15) is 22.8 Å². The van der Waals surface area contributed by atoms with Crippen molar-refractivity contribution in [2.24, 2.45) is 0 Å². The molecule has 2 heterocycles. The first-order chi connectivity index (χ1) is 16.3. The van der Waals surface area contributed by atoms with Crippen LogP contribution >= 0.6 is 11.3 Å². The van der Waals surface area contributed by atoms with Crippen LogP contribution in [0.5, 0.6) is 0 Å². The largest absolute Gasteiger partial charge is 0.416 e. The predicted octanol–water partition coefficient (Wildman–Crippen LogP) is 4.65. The number of piperazine rings is 1. The molecule has 2 aromatic carbocycles. The number of benzene rings is 2. The molecule has 1 fully saturated rings. The summed E-state index contributed by atoms with van der Waals surface area (Å²) in [5, 5.41) is 4.71. The third-order valence-corrected chi connectivity index (χ3v) is 6.61. The molecule has 1 aromatic heterocycles. The van der Waals surface area contributed by atoms with E-state index in [-0.39, 0.29) is 11.8 Å². The highest BCUT2D eigenvalue weighted by Gasteiger charge is 2.30. The second kappa shape index (κ2) is 10.4. The number of alkyl halides is 3. The van der Waals surface area contributed by atoms with E-state index >= 15 is 0 Å². The van der Waals surface area contributed by atoms with Gasteiger partial charge in [0.05, 0.1) is 10.4 Å². The number of nitrogens with one attached hydrogen (secondary N) is 1. The summed E-state index contributed by atoms with van der Waals surface area (Å²) in [5.74, 6) is -0.173. The molecule has 0 radical (unpaired) electrons. The number of hydrogen-bond donors (Lipinski definition) is 1. The van der Waals surface area contributed by atoms with E-state index in [1.807, 2.05) is 23.6 Å². The minimum atomic E-state index is -4.33. The average Bonchev–Trinajstić information content (AvgIpc) is 3.38. The van der Waals surface area contributed by atoms with Crippen LogP contribution < -0.4 is 5.32 Å². The third-order valence-electron chi connectivity index (χ3n) is 5.75. The molecule has 0 bridgehead atoms. The van der Waals surface area contributed by atoms with Crippen LogP contribution in [0.25, 0.3) is 0 Å². The zero-order valence-electron chi connectivity index (χ0n) is 18.3. The van der Waals surface area contributed by atoms with Crippen molar-refractivity contribution < 1.29 is 22.8 Å². The van der Waals surface area contributed by atoms with Gasteiger partial charge in [-0.3, -0.25) is 14.5 Å². The Balaban J connectivity index is 1.25. The standard InChI is InChI=1S/C25H24F3N3O2S/c26-25(27,28)21-9-5-19(6-10-21)17-30-11-13-31(14-12-30)24(33)20-7-3-18(4-8-20)16-29-23(32)22-2-1-15-34-22/h1-10,15H,11-14,16-17H2,(H,29,32). The summed E-state index contributed by atoms with van der Waals surface area (Å²) in [5.41, 5.74) is 1.66. The lowest BCUT2D eigenvalue weighted by atomic mass is 10.1. The lowest BCUT2D eigenvalue weighted by Crippen LogP contribution is -2.48. The molecule has 1 aliphatic rings. The van der Waals surface area contributed by atoms with Gasteiger partial charge in [0.2, 0.25) is 0 Å². The van der Waals surface area contributed by atoms with Gasteiger partial charge in [-0.15, -0.1) is 11.3 Å². The summed E-state index contributed by atoms with van der Waals surface area (Å²) in [4.78, 5) is 29.5. The van der Waals surface area contributed by atoms with Gasteiger partial charge in [0.1, 0.15) is 0 Å². The van der Waals surface area contributed by atoms with E-state index in [0.717, 1.165) is 23.3 Å². The van der Waals surface area contributed by atoms with Crippen LogP contribution in [-0.2, 0) is 19.3 Å². The molecule has 2 amide bonds. The lowest BCUT2D eigenvalue weighted by Gasteiger charge is -2.34. The molecule has 1 N–H and O–H groups in total. The van der Waals surface area contributed by atoms with Gasteiger partial charge in [-0.2, -0.15) is 13.2 Å². The van der Waals surface area contributed by atoms with Crippen LogP contribution in [0.3, 0.4) is 0 Å². The Morgan fingerprint density at radius 1 is 0.882 bits per heavy atom. The summed E-state index contributed by atoms with van der Waals surface area (Å²) in [7, 11) is 0. The molecule has 0 atom stereocenters. The maximum absolute atomic E-state index is 12.9. The Kier molecular flexibility index (Phi) is 7.33. The van der Waals surface area contributed by atoms with Gasteiger partial charge in [-0.25, -0.2) is 0 Å². The predicted molar refractivity (Wildman–Crippen MR) is 125 cm³/mol. The second-order valence-electron chi connectivity index (χ2n) is 8.12. The van der Waals surface area contributed by atoms with E-state index in [1.165, 1.54) is 23.5 Å². The van der Waals surface area contributed by atoms with Crippen LogP contribution in [0.15, 0.2) is 66.0 Å². The molecular formula is C25H24F3N3O2S. The first-order valence-corrected chi connectivity index (χ1v) is 11.8. The first kappa shape index (κ1) is 24.0. The molecule has 178 valence electrons. The number of rotatable bonds is 6. The SMILES string of the molecule is O=C(NCc1ccc(C(=O)N2CCN(Cc3ccc(C(F)(F)F)cc3)CC2)cc1)c1cccs1. The third kappa shape index (κ3) is 6.03. The molecule has 0 aliphatic carbocycles. The van der Waals surface area contributed by atoms with E-state index in [1.54, 1.807) is 23.1 Å². The van der Waals surface area contributed by atoms with Crippen molar-refractivity contribution in [1.29, 1.82) is 0 Å². The fraction of sp³-hybridized carbons (Fsp3) is 0.280. The highest BCUT2D eigenvalue weighted by atomic mass is 32.1. The van der Waals surface area contributed by atoms with Crippen molar-refractivity contribution in [3.63, 3.8) is 0 Å². The van der Waals surface area contributed by atoms with Crippen LogP contribution in [0, 0.1) is 0 Å². The minimum absolute atomic E-state index is 0.0525. The van der Waals surface area contributed by atoms with Gasteiger partial charge < -0.3 is 10.2 Å². The minimum Gasteiger partial charge on any atom is -0.347 e. The Morgan fingerprint density at radius 3 is 2.12 bits per heavy atom. The molecule has 3 aromatic rings. The zero-order valence-corrected chi connectivity index (χ0v) is 19.2. The molecule has 4 rings (SSSR count). The smallest absolute Gasteiger partial charge is 0.347 e. The number of carbonyl (C=O) groups is 2. The molecule has 1 aliphatic heterocycles. The summed E-state index contributed by atoms with van der Waals surface area (Å²) in [6.45, 7) is 3.34. The van der Waals surface area contributed by atoms with Gasteiger partial charge >= 0.3 is 6.18 Å². The molecule has 5 nitrogen and oxygen atoms in total. The van der Waals surface area contributed by atoms with Crippen molar-refractivity contribution in [3.8, 4) is 0 Å². The van der Waals surface area contributed by atoms with Crippen molar-refractivity contribution >= 4 is 23.2 Å². The quantitative estimate of drug-likeness (QED) is 0.551. The number of halogens is 3. The van der Waals surface area contributed by atoms with Gasteiger partial charge in [-0.1, -0.05) is 30.3 Å². The summed E-state index contributed by atoms with van der Waals surface area (Å²) in [6.07, 6.45) is -4.33. The Hall–Kier alpha value is -3.17. The highest BCUT2D eigenvalue weighted by molar-refractivity contribution is 7.12. The molecular weight excluding hydrogens is 463 g/mol. The van der Waals surface area contributed by atoms with Gasteiger partial charge in [0.15, 0.2) is 0 Å². The Labute approximate surface area is 199 Å². The fourth-order valence-electron chi connectivity index (χ4n) is 3.79. The molecule has 1 saturated heterocycles. The van der Waals surface area contributed by atoms with Crippen LogP contribution in [0.2, 0.25) is 0 Å². The monoisotopic (exact) mass is 487 g/mol. The topological polar surface area (TPSA) is 52.7 Å². The maximum atomic E-state index is 12.9. The van der Waals surface area contributed by atoms with Gasteiger partial charge in [0, 0.05) is 44.8 Å². The molecule has 0 saturated carbocycles. The van der Waals surface area contributed by atoms with Crippen LogP contribution in [0.4, 0.5) is 13.2 Å². The number of nitrogens with zero attached hydrogens (tertiary/aromatic N) is 2. The summed E-state index contributed by atoms with van der Waals surface area (Å²) in [6, 6.07) is 16.0. The number of amides is 2.